The highest BCUT2D eigenvalue weighted by Crippen LogP contribution is 2.36. The fraction of sp³-hybridized carbons (Fsp3) is 0.296. The lowest BCUT2D eigenvalue weighted by molar-refractivity contribution is 0.168. The minimum atomic E-state index is -0.0302. The van der Waals surface area contributed by atoms with E-state index in [4.69, 9.17) is 16.0 Å². The number of aromatic nitrogens is 2. The highest BCUT2D eigenvalue weighted by Gasteiger charge is 2.26. The molecule has 2 aromatic heterocycles. The van der Waals surface area contributed by atoms with Gasteiger partial charge in [0.2, 0.25) is 0 Å². The number of para-hydroxylation sites is 1. The summed E-state index contributed by atoms with van der Waals surface area (Å²) in [6.07, 6.45) is 6.30. The number of anilines is 1. The van der Waals surface area contributed by atoms with Gasteiger partial charge in [-0.15, -0.1) is 0 Å². The fourth-order valence-corrected chi connectivity index (χ4v) is 5.65. The van der Waals surface area contributed by atoms with E-state index in [1.165, 1.54) is 5.39 Å². The van der Waals surface area contributed by atoms with Gasteiger partial charge in [0, 0.05) is 17.0 Å². The van der Waals surface area contributed by atoms with Crippen molar-refractivity contribution < 1.29 is 4.42 Å². The first-order chi connectivity index (χ1) is 17.1. The number of nitrogens with zero attached hydrogens (tertiary/aromatic N) is 3. The third-order valence-corrected chi connectivity index (χ3v) is 7.87. The molecule has 0 spiro atoms. The second kappa shape index (κ2) is 9.72. The summed E-state index contributed by atoms with van der Waals surface area (Å²) in [5.41, 5.74) is 2.02. The predicted molar refractivity (Wildman–Crippen MR) is 144 cm³/mol. The molecule has 180 valence electrons. The molecular formula is C27H27BrClN5O. The van der Waals surface area contributed by atoms with Crippen LogP contribution in [0.25, 0.3) is 16.8 Å². The van der Waals surface area contributed by atoms with Gasteiger partial charge in [0.25, 0.3) is 0 Å². The summed E-state index contributed by atoms with van der Waals surface area (Å²) in [7, 11) is 0. The molecule has 6 rings (SSSR count). The van der Waals surface area contributed by atoms with Crippen LogP contribution in [0, 0.1) is 5.92 Å². The Hall–Kier alpha value is -2.74. The van der Waals surface area contributed by atoms with Crippen LogP contribution >= 0.6 is 27.5 Å². The summed E-state index contributed by atoms with van der Waals surface area (Å²) >= 11 is 10.1. The van der Waals surface area contributed by atoms with Crippen molar-refractivity contribution in [2.24, 2.45) is 5.92 Å². The Labute approximate surface area is 218 Å². The molecule has 0 aliphatic carbocycles. The smallest absolute Gasteiger partial charge is 0.146 e. The molecule has 0 saturated carbocycles. The van der Waals surface area contributed by atoms with E-state index in [1.54, 1.807) is 0 Å². The number of hydrogen-bond acceptors (Lipinski definition) is 5. The average Bonchev–Trinajstić information content (AvgIpc) is 3.46. The Morgan fingerprint density at radius 3 is 2.74 bits per heavy atom. The maximum atomic E-state index is 6.50. The number of benzene rings is 2. The lowest BCUT2D eigenvalue weighted by Crippen LogP contribution is -2.37. The van der Waals surface area contributed by atoms with Crippen LogP contribution < -0.4 is 10.6 Å². The van der Waals surface area contributed by atoms with Crippen molar-refractivity contribution >= 4 is 50.1 Å². The topological polar surface area (TPSA) is 58.3 Å². The van der Waals surface area contributed by atoms with E-state index in [-0.39, 0.29) is 6.04 Å². The van der Waals surface area contributed by atoms with E-state index in [9.17, 15) is 0 Å². The second-order valence-electron chi connectivity index (χ2n) is 9.30. The summed E-state index contributed by atoms with van der Waals surface area (Å²) < 4.78 is 8.88. The van der Waals surface area contributed by atoms with E-state index >= 15 is 0 Å². The molecule has 8 heteroatoms. The SMILES string of the molecule is Clc1ccccc1C1C=C(NCC2CCN(Cc3cc4ccccc4o3)CC2)n2ncc(Br)c2N1. The lowest BCUT2D eigenvalue weighted by atomic mass is 9.96. The van der Waals surface area contributed by atoms with Gasteiger partial charge < -0.3 is 15.1 Å². The highest BCUT2D eigenvalue weighted by atomic mass is 79.9. The minimum absolute atomic E-state index is 0.0302. The predicted octanol–water partition coefficient (Wildman–Crippen LogP) is 6.51. The molecule has 1 atom stereocenters. The summed E-state index contributed by atoms with van der Waals surface area (Å²) in [5.74, 6) is 3.57. The molecule has 0 amide bonds. The van der Waals surface area contributed by atoms with Crippen LogP contribution in [0.2, 0.25) is 5.02 Å². The molecule has 35 heavy (non-hydrogen) atoms. The van der Waals surface area contributed by atoms with Gasteiger partial charge in [0.05, 0.1) is 23.3 Å². The van der Waals surface area contributed by atoms with Gasteiger partial charge in [0.15, 0.2) is 0 Å². The van der Waals surface area contributed by atoms with E-state index in [1.807, 2.05) is 41.2 Å². The number of likely N-dealkylation sites (tertiary alicyclic amines) is 1. The number of rotatable bonds is 6. The molecule has 4 aromatic rings. The fourth-order valence-electron chi connectivity index (χ4n) is 5.02. The van der Waals surface area contributed by atoms with Crippen LogP contribution in [0.15, 0.2) is 75.8 Å². The number of furan rings is 1. The summed E-state index contributed by atoms with van der Waals surface area (Å²) in [6.45, 7) is 3.93. The molecule has 1 unspecified atom stereocenters. The Morgan fingerprint density at radius 1 is 1.11 bits per heavy atom. The van der Waals surface area contributed by atoms with Crippen LogP contribution in [-0.2, 0) is 6.54 Å². The Kier molecular flexibility index (Phi) is 6.31. The zero-order chi connectivity index (χ0) is 23.8. The largest absolute Gasteiger partial charge is 0.460 e. The second-order valence-corrected chi connectivity index (χ2v) is 10.6. The van der Waals surface area contributed by atoms with Gasteiger partial charge in [-0.1, -0.05) is 48.0 Å². The molecular weight excluding hydrogens is 526 g/mol. The van der Waals surface area contributed by atoms with E-state index in [2.05, 4.69) is 66.9 Å². The number of hydrogen-bond donors (Lipinski definition) is 2. The maximum absolute atomic E-state index is 6.50. The average molecular weight is 553 g/mol. The molecule has 1 fully saturated rings. The van der Waals surface area contributed by atoms with Crippen molar-refractivity contribution in [3.8, 4) is 0 Å². The van der Waals surface area contributed by atoms with Crippen molar-refractivity contribution in [1.29, 1.82) is 0 Å². The van der Waals surface area contributed by atoms with Crippen molar-refractivity contribution in [3.63, 3.8) is 0 Å². The lowest BCUT2D eigenvalue weighted by Gasteiger charge is -2.32. The third-order valence-electron chi connectivity index (χ3n) is 6.94. The molecule has 2 aromatic carbocycles. The zero-order valence-corrected chi connectivity index (χ0v) is 21.6. The first-order valence-corrected chi connectivity index (χ1v) is 13.2. The number of nitrogens with one attached hydrogen (secondary N) is 2. The van der Waals surface area contributed by atoms with Crippen LogP contribution in [0.3, 0.4) is 0 Å². The maximum Gasteiger partial charge on any atom is 0.146 e. The van der Waals surface area contributed by atoms with Crippen molar-refractivity contribution in [3.05, 3.63) is 87.7 Å². The molecule has 1 saturated heterocycles. The Balaban J connectivity index is 1.09. The number of piperidine rings is 1. The van der Waals surface area contributed by atoms with Gasteiger partial charge in [-0.2, -0.15) is 5.10 Å². The molecule has 4 heterocycles. The van der Waals surface area contributed by atoms with Gasteiger partial charge >= 0.3 is 0 Å². The summed E-state index contributed by atoms with van der Waals surface area (Å²) in [5, 5.41) is 13.7. The number of halogens is 2. The quantitative estimate of drug-likeness (QED) is 0.285. The van der Waals surface area contributed by atoms with Crippen LogP contribution in [0.4, 0.5) is 5.82 Å². The van der Waals surface area contributed by atoms with Crippen molar-refractivity contribution in [1.82, 2.24) is 20.0 Å². The monoisotopic (exact) mass is 551 g/mol. The summed E-state index contributed by atoms with van der Waals surface area (Å²) in [6, 6.07) is 18.3. The summed E-state index contributed by atoms with van der Waals surface area (Å²) in [4.78, 5) is 2.49. The van der Waals surface area contributed by atoms with Crippen molar-refractivity contribution in [2.45, 2.75) is 25.4 Å². The Morgan fingerprint density at radius 2 is 1.91 bits per heavy atom. The van der Waals surface area contributed by atoms with Crippen LogP contribution in [-0.4, -0.2) is 34.3 Å². The van der Waals surface area contributed by atoms with E-state index < -0.39 is 0 Å². The van der Waals surface area contributed by atoms with E-state index in [0.29, 0.717) is 5.92 Å². The highest BCUT2D eigenvalue weighted by molar-refractivity contribution is 9.10. The number of fused-ring (bicyclic) bond motifs is 2. The molecule has 2 aliphatic rings. The molecule has 6 nitrogen and oxygen atoms in total. The van der Waals surface area contributed by atoms with Gasteiger partial charge in [-0.25, -0.2) is 4.68 Å². The minimum Gasteiger partial charge on any atom is -0.460 e. The first kappa shape index (κ1) is 22.7. The van der Waals surface area contributed by atoms with Gasteiger partial charge in [-0.3, -0.25) is 4.90 Å². The molecule has 0 bridgehead atoms. The molecule has 2 aliphatic heterocycles. The van der Waals surface area contributed by atoms with Gasteiger partial charge in [-0.05, 0) is 77.6 Å². The standard InChI is InChI=1S/C27H27BrClN5O/c28-22-16-31-34-26(14-24(32-27(22)34)21-6-2-3-7-23(21)29)30-15-18-9-11-33(12-10-18)17-20-13-19-5-1-4-8-25(19)35-20/h1-8,13-14,16,18,24,30,32H,9-12,15,17H2. The van der Waals surface area contributed by atoms with E-state index in [0.717, 1.165) is 77.1 Å². The van der Waals surface area contributed by atoms with Crippen LogP contribution in [0.1, 0.15) is 30.2 Å². The van der Waals surface area contributed by atoms with Crippen LogP contribution in [0.5, 0.6) is 0 Å². The van der Waals surface area contributed by atoms with Gasteiger partial charge in [0.1, 0.15) is 23.0 Å². The normalized spacial score (nSPS) is 18.8. The third kappa shape index (κ3) is 4.73. The molecule has 2 N–H and O–H groups in total. The zero-order valence-electron chi connectivity index (χ0n) is 19.3. The first-order valence-electron chi connectivity index (χ1n) is 12.0. The Bertz CT molecular complexity index is 1340. The van der Waals surface area contributed by atoms with Crippen molar-refractivity contribution in [2.75, 3.05) is 25.0 Å². The molecule has 0 radical (unpaired) electrons.